The first-order chi connectivity index (χ1) is 8.72. The minimum atomic E-state index is 0.858. The molecular weight excluding hydrogens is 292 g/mol. The van der Waals surface area contributed by atoms with Crippen molar-refractivity contribution in [3.05, 3.63) is 58.1 Å². The van der Waals surface area contributed by atoms with Gasteiger partial charge in [0.2, 0.25) is 0 Å². The minimum absolute atomic E-state index is 0.858. The number of halogens is 1. The van der Waals surface area contributed by atoms with Crippen LogP contribution in [-0.4, -0.2) is 14.2 Å². The summed E-state index contributed by atoms with van der Waals surface area (Å²) in [7, 11) is 3.35. The van der Waals surface area contributed by atoms with Crippen LogP contribution in [0.15, 0.2) is 46.9 Å². The SMILES string of the molecule is COc1cccc(Cc2ccc(OC)cc2Br)c1. The summed E-state index contributed by atoms with van der Waals surface area (Å²) in [5.74, 6) is 1.74. The summed E-state index contributed by atoms with van der Waals surface area (Å²) in [6, 6.07) is 14.1. The number of methoxy groups -OCH3 is 2. The maximum Gasteiger partial charge on any atom is 0.120 e. The summed E-state index contributed by atoms with van der Waals surface area (Å²) in [6.07, 6.45) is 0.863. The van der Waals surface area contributed by atoms with Gasteiger partial charge in [0.25, 0.3) is 0 Å². The summed E-state index contributed by atoms with van der Waals surface area (Å²) in [4.78, 5) is 0. The second-order valence-electron chi connectivity index (χ2n) is 3.99. The van der Waals surface area contributed by atoms with Crippen LogP contribution in [0.5, 0.6) is 11.5 Å². The third kappa shape index (κ3) is 3.05. The fraction of sp³-hybridized carbons (Fsp3) is 0.200. The van der Waals surface area contributed by atoms with E-state index in [0.29, 0.717) is 0 Å². The molecule has 0 radical (unpaired) electrons. The van der Waals surface area contributed by atoms with Crippen LogP contribution in [0.4, 0.5) is 0 Å². The molecule has 0 saturated heterocycles. The van der Waals surface area contributed by atoms with E-state index in [9.17, 15) is 0 Å². The molecule has 2 rings (SSSR count). The molecule has 0 heterocycles. The first-order valence-corrected chi connectivity index (χ1v) is 6.47. The van der Waals surface area contributed by atoms with Crippen molar-refractivity contribution in [3.8, 4) is 11.5 Å². The summed E-state index contributed by atoms with van der Waals surface area (Å²) in [5.41, 5.74) is 2.45. The van der Waals surface area contributed by atoms with Crippen molar-refractivity contribution < 1.29 is 9.47 Å². The van der Waals surface area contributed by atoms with Gasteiger partial charge in [-0.15, -0.1) is 0 Å². The van der Waals surface area contributed by atoms with Gasteiger partial charge in [0.05, 0.1) is 14.2 Å². The summed E-state index contributed by atoms with van der Waals surface area (Å²) in [5, 5.41) is 0. The van der Waals surface area contributed by atoms with E-state index >= 15 is 0 Å². The monoisotopic (exact) mass is 306 g/mol. The first-order valence-electron chi connectivity index (χ1n) is 5.68. The lowest BCUT2D eigenvalue weighted by molar-refractivity contribution is 0.414. The van der Waals surface area contributed by atoms with Gasteiger partial charge in [0.1, 0.15) is 11.5 Å². The highest BCUT2D eigenvalue weighted by molar-refractivity contribution is 9.10. The van der Waals surface area contributed by atoms with Crippen LogP contribution in [0.25, 0.3) is 0 Å². The lowest BCUT2D eigenvalue weighted by Crippen LogP contribution is -1.92. The van der Waals surface area contributed by atoms with E-state index in [-0.39, 0.29) is 0 Å². The second kappa shape index (κ2) is 5.91. The van der Waals surface area contributed by atoms with Crippen LogP contribution < -0.4 is 9.47 Å². The average Bonchev–Trinajstić information content (AvgIpc) is 2.41. The number of benzene rings is 2. The highest BCUT2D eigenvalue weighted by Gasteiger charge is 2.04. The van der Waals surface area contributed by atoms with Crippen molar-refractivity contribution in [1.29, 1.82) is 0 Å². The lowest BCUT2D eigenvalue weighted by Gasteiger charge is -2.08. The number of rotatable bonds is 4. The summed E-state index contributed by atoms with van der Waals surface area (Å²) >= 11 is 3.57. The molecule has 0 unspecified atom stereocenters. The van der Waals surface area contributed by atoms with Gasteiger partial charge < -0.3 is 9.47 Å². The zero-order chi connectivity index (χ0) is 13.0. The molecule has 0 fully saturated rings. The quantitative estimate of drug-likeness (QED) is 0.848. The van der Waals surface area contributed by atoms with Gasteiger partial charge in [-0.05, 0) is 41.8 Å². The van der Waals surface area contributed by atoms with Gasteiger partial charge in [-0.3, -0.25) is 0 Å². The van der Waals surface area contributed by atoms with Crippen molar-refractivity contribution >= 4 is 15.9 Å². The van der Waals surface area contributed by atoms with Gasteiger partial charge in [-0.2, -0.15) is 0 Å². The van der Waals surface area contributed by atoms with Gasteiger partial charge in [0, 0.05) is 4.47 Å². The van der Waals surface area contributed by atoms with E-state index in [0.717, 1.165) is 22.4 Å². The molecule has 0 aromatic heterocycles. The lowest BCUT2D eigenvalue weighted by atomic mass is 10.0. The Morgan fingerprint density at radius 3 is 2.33 bits per heavy atom. The summed E-state index contributed by atoms with van der Waals surface area (Å²) in [6.45, 7) is 0. The second-order valence-corrected chi connectivity index (χ2v) is 4.84. The third-order valence-electron chi connectivity index (χ3n) is 2.79. The van der Waals surface area contributed by atoms with Crippen molar-refractivity contribution in [2.24, 2.45) is 0 Å². The molecule has 2 nitrogen and oxygen atoms in total. The molecule has 0 aliphatic carbocycles. The number of hydrogen-bond acceptors (Lipinski definition) is 2. The topological polar surface area (TPSA) is 18.5 Å². The van der Waals surface area contributed by atoms with Crippen LogP contribution >= 0.6 is 15.9 Å². The van der Waals surface area contributed by atoms with Gasteiger partial charge in [0.15, 0.2) is 0 Å². The molecule has 2 aromatic rings. The Bertz CT molecular complexity index is 538. The van der Waals surface area contributed by atoms with Crippen molar-refractivity contribution in [1.82, 2.24) is 0 Å². The molecule has 0 aliphatic heterocycles. The van der Waals surface area contributed by atoms with Crippen LogP contribution in [0, 0.1) is 0 Å². The van der Waals surface area contributed by atoms with E-state index < -0.39 is 0 Å². The third-order valence-corrected chi connectivity index (χ3v) is 3.53. The first kappa shape index (κ1) is 13.0. The van der Waals surface area contributed by atoms with E-state index in [1.165, 1.54) is 11.1 Å². The van der Waals surface area contributed by atoms with E-state index in [2.05, 4.69) is 34.1 Å². The largest absolute Gasteiger partial charge is 0.497 e. The fourth-order valence-electron chi connectivity index (χ4n) is 1.80. The predicted molar refractivity (Wildman–Crippen MR) is 76.5 cm³/mol. The molecule has 0 aliphatic rings. The van der Waals surface area contributed by atoms with E-state index in [1.807, 2.05) is 24.3 Å². The fourth-order valence-corrected chi connectivity index (χ4v) is 2.30. The van der Waals surface area contributed by atoms with Crippen LogP contribution in [0.1, 0.15) is 11.1 Å². The minimum Gasteiger partial charge on any atom is -0.497 e. The average molecular weight is 307 g/mol. The highest BCUT2D eigenvalue weighted by atomic mass is 79.9. The standard InChI is InChI=1S/C15H15BrO2/c1-17-13-5-3-4-11(9-13)8-12-6-7-14(18-2)10-15(12)16/h3-7,9-10H,8H2,1-2H3. The van der Waals surface area contributed by atoms with E-state index in [4.69, 9.17) is 9.47 Å². The van der Waals surface area contributed by atoms with Crippen molar-refractivity contribution in [2.45, 2.75) is 6.42 Å². The highest BCUT2D eigenvalue weighted by Crippen LogP contribution is 2.25. The van der Waals surface area contributed by atoms with Crippen LogP contribution in [0.3, 0.4) is 0 Å². The number of hydrogen-bond donors (Lipinski definition) is 0. The Balaban J connectivity index is 2.22. The normalized spacial score (nSPS) is 10.2. The van der Waals surface area contributed by atoms with E-state index in [1.54, 1.807) is 14.2 Å². The Morgan fingerprint density at radius 2 is 1.67 bits per heavy atom. The molecular formula is C15H15BrO2. The zero-order valence-corrected chi connectivity index (χ0v) is 12.0. The molecule has 0 bridgehead atoms. The maximum absolute atomic E-state index is 5.23. The Labute approximate surface area is 116 Å². The molecule has 0 saturated carbocycles. The van der Waals surface area contributed by atoms with Crippen molar-refractivity contribution in [3.63, 3.8) is 0 Å². The Hall–Kier alpha value is -1.48. The van der Waals surface area contributed by atoms with Gasteiger partial charge in [-0.25, -0.2) is 0 Å². The zero-order valence-electron chi connectivity index (χ0n) is 10.4. The van der Waals surface area contributed by atoms with Crippen molar-refractivity contribution in [2.75, 3.05) is 14.2 Å². The van der Waals surface area contributed by atoms with Gasteiger partial charge in [-0.1, -0.05) is 34.1 Å². The van der Waals surface area contributed by atoms with Crippen LogP contribution in [0.2, 0.25) is 0 Å². The Kier molecular flexibility index (Phi) is 4.26. The molecule has 0 atom stereocenters. The van der Waals surface area contributed by atoms with Crippen LogP contribution in [-0.2, 0) is 6.42 Å². The molecule has 2 aromatic carbocycles. The van der Waals surface area contributed by atoms with Gasteiger partial charge >= 0.3 is 0 Å². The molecule has 0 N–H and O–H groups in total. The molecule has 94 valence electrons. The molecule has 3 heteroatoms. The smallest absolute Gasteiger partial charge is 0.120 e. The molecule has 0 amide bonds. The molecule has 0 spiro atoms. The predicted octanol–water partition coefficient (Wildman–Crippen LogP) is 4.06. The maximum atomic E-state index is 5.23. The molecule has 18 heavy (non-hydrogen) atoms. The Morgan fingerprint density at radius 1 is 0.944 bits per heavy atom. The summed E-state index contributed by atoms with van der Waals surface area (Å²) < 4.78 is 11.5. The number of ether oxygens (including phenoxy) is 2.